The molecule has 3 rings (SSSR count). The standard InChI is InChI=1S/C17H24N4O/c1-12-4-6-14-15(8-12)19-16(18-14)11-20(2)9-13-5-7-17(22)21(3)10-13/h4,6,8,13H,5,7,9-11H2,1-3H3,(H,18,19). The monoisotopic (exact) mass is 300 g/mol. The Labute approximate surface area is 131 Å². The highest BCUT2D eigenvalue weighted by Gasteiger charge is 2.23. The Morgan fingerprint density at radius 3 is 3.05 bits per heavy atom. The number of likely N-dealkylation sites (tertiary alicyclic amines) is 1. The van der Waals surface area contributed by atoms with Crippen molar-refractivity contribution < 1.29 is 4.79 Å². The quantitative estimate of drug-likeness (QED) is 0.941. The van der Waals surface area contributed by atoms with Crippen LogP contribution in [0, 0.1) is 12.8 Å². The summed E-state index contributed by atoms with van der Waals surface area (Å²) in [5, 5.41) is 0. The molecule has 1 saturated heterocycles. The van der Waals surface area contributed by atoms with Crippen LogP contribution >= 0.6 is 0 Å². The summed E-state index contributed by atoms with van der Waals surface area (Å²) in [5.74, 6) is 1.83. The van der Waals surface area contributed by atoms with Crippen molar-refractivity contribution >= 4 is 16.9 Å². The maximum atomic E-state index is 11.5. The lowest BCUT2D eigenvalue weighted by molar-refractivity contribution is -0.133. The lowest BCUT2D eigenvalue weighted by atomic mass is 9.97. The van der Waals surface area contributed by atoms with E-state index in [1.54, 1.807) is 0 Å². The van der Waals surface area contributed by atoms with Crippen LogP contribution in [0.2, 0.25) is 0 Å². The molecule has 2 heterocycles. The average molecular weight is 300 g/mol. The Hall–Kier alpha value is -1.88. The number of aryl methyl sites for hydroxylation is 1. The van der Waals surface area contributed by atoms with Crippen LogP contribution in [0.25, 0.3) is 11.0 Å². The average Bonchev–Trinajstić information content (AvgIpc) is 2.84. The van der Waals surface area contributed by atoms with E-state index in [9.17, 15) is 4.79 Å². The zero-order valence-corrected chi connectivity index (χ0v) is 13.6. The van der Waals surface area contributed by atoms with Crippen molar-refractivity contribution in [1.29, 1.82) is 0 Å². The fourth-order valence-corrected chi connectivity index (χ4v) is 3.26. The van der Waals surface area contributed by atoms with Crippen molar-refractivity contribution in [3.05, 3.63) is 29.6 Å². The molecule has 1 aliphatic rings. The second-order valence-corrected chi connectivity index (χ2v) is 6.58. The number of carbonyl (C=O) groups excluding carboxylic acids is 1. The summed E-state index contributed by atoms with van der Waals surface area (Å²) in [7, 11) is 4.02. The minimum Gasteiger partial charge on any atom is -0.345 e. The molecule has 2 aromatic rings. The van der Waals surface area contributed by atoms with Crippen molar-refractivity contribution in [3.8, 4) is 0 Å². The molecule has 0 saturated carbocycles. The van der Waals surface area contributed by atoms with E-state index < -0.39 is 0 Å². The van der Waals surface area contributed by atoms with Crippen LogP contribution in [0.1, 0.15) is 24.2 Å². The summed E-state index contributed by atoms with van der Waals surface area (Å²) in [6, 6.07) is 6.28. The number of aromatic amines is 1. The van der Waals surface area contributed by atoms with Crippen molar-refractivity contribution in [2.45, 2.75) is 26.3 Å². The Morgan fingerprint density at radius 1 is 1.45 bits per heavy atom. The molecular weight excluding hydrogens is 276 g/mol. The number of hydrogen-bond acceptors (Lipinski definition) is 3. The van der Waals surface area contributed by atoms with Gasteiger partial charge in [0.15, 0.2) is 0 Å². The van der Waals surface area contributed by atoms with Gasteiger partial charge >= 0.3 is 0 Å². The van der Waals surface area contributed by atoms with Crippen molar-refractivity contribution in [1.82, 2.24) is 19.8 Å². The highest BCUT2D eigenvalue weighted by Crippen LogP contribution is 2.18. The molecule has 0 radical (unpaired) electrons. The summed E-state index contributed by atoms with van der Waals surface area (Å²) in [6.45, 7) is 4.75. The molecule has 1 fully saturated rings. The molecule has 1 aliphatic heterocycles. The van der Waals surface area contributed by atoms with Gasteiger partial charge in [0, 0.05) is 26.6 Å². The number of hydrogen-bond donors (Lipinski definition) is 1. The van der Waals surface area contributed by atoms with E-state index in [2.05, 4.69) is 47.0 Å². The second-order valence-electron chi connectivity index (χ2n) is 6.58. The van der Waals surface area contributed by atoms with E-state index in [-0.39, 0.29) is 5.91 Å². The van der Waals surface area contributed by atoms with Gasteiger partial charge in [-0.1, -0.05) is 6.07 Å². The molecule has 5 heteroatoms. The maximum absolute atomic E-state index is 11.5. The first-order chi connectivity index (χ1) is 10.5. The van der Waals surface area contributed by atoms with E-state index in [4.69, 9.17) is 0 Å². The maximum Gasteiger partial charge on any atom is 0.222 e. The number of nitrogens with zero attached hydrogens (tertiary/aromatic N) is 3. The highest BCUT2D eigenvalue weighted by atomic mass is 16.2. The number of H-pyrrole nitrogens is 1. The van der Waals surface area contributed by atoms with Crippen molar-refractivity contribution in [2.75, 3.05) is 27.2 Å². The fraction of sp³-hybridized carbons (Fsp3) is 0.529. The summed E-state index contributed by atoms with van der Waals surface area (Å²) in [6.07, 6.45) is 1.67. The zero-order valence-electron chi connectivity index (χ0n) is 13.6. The number of imidazole rings is 1. The second kappa shape index (κ2) is 6.08. The van der Waals surface area contributed by atoms with Gasteiger partial charge in [0.1, 0.15) is 5.82 Å². The van der Waals surface area contributed by atoms with Gasteiger partial charge in [0.05, 0.1) is 17.6 Å². The van der Waals surface area contributed by atoms with E-state index in [1.807, 2.05) is 11.9 Å². The van der Waals surface area contributed by atoms with E-state index >= 15 is 0 Å². The summed E-state index contributed by atoms with van der Waals surface area (Å²) < 4.78 is 0. The first-order valence-corrected chi connectivity index (χ1v) is 7.89. The molecule has 1 atom stereocenters. The lowest BCUT2D eigenvalue weighted by Crippen LogP contribution is -2.41. The van der Waals surface area contributed by atoms with Crippen LogP contribution in [0.3, 0.4) is 0 Å². The third-order valence-electron chi connectivity index (χ3n) is 4.40. The van der Waals surface area contributed by atoms with Crippen molar-refractivity contribution in [2.24, 2.45) is 5.92 Å². The summed E-state index contributed by atoms with van der Waals surface area (Å²) in [4.78, 5) is 23.7. The number of rotatable bonds is 4. The third kappa shape index (κ3) is 3.30. The van der Waals surface area contributed by atoms with Gasteiger partial charge < -0.3 is 9.88 Å². The van der Waals surface area contributed by atoms with E-state index in [0.29, 0.717) is 12.3 Å². The fourth-order valence-electron chi connectivity index (χ4n) is 3.26. The van der Waals surface area contributed by atoms with Crippen LogP contribution in [-0.2, 0) is 11.3 Å². The van der Waals surface area contributed by atoms with Gasteiger partial charge in [-0.25, -0.2) is 4.98 Å². The Kier molecular flexibility index (Phi) is 4.16. The topological polar surface area (TPSA) is 52.2 Å². The molecule has 22 heavy (non-hydrogen) atoms. The van der Waals surface area contributed by atoms with Gasteiger partial charge in [-0.3, -0.25) is 9.69 Å². The SMILES string of the molecule is Cc1ccc2nc(CN(C)CC3CCC(=O)N(C)C3)[nH]c2c1. The lowest BCUT2D eigenvalue weighted by Gasteiger charge is -2.32. The first kappa shape index (κ1) is 15.0. The third-order valence-corrected chi connectivity index (χ3v) is 4.40. The number of amides is 1. The van der Waals surface area contributed by atoms with Gasteiger partial charge in [0.2, 0.25) is 5.91 Å². The molecular formula is C17H24N4O. The Morgan fingerprint density at radius 2 is 2.27 bits per heavy atom. The Balaban J connectivity index is 1.60. The largest absolute Gasteiger partial charge is 0.345 e. The first-order valence-electron chi connectivity index (χ1n) is 7.89. The van der Waals surface area contributed by atoms with Crippen molar-refractivity contribution in [3.63, 3.8) is 0 Å². The van der Waals surface area contributed by atoms with Gasteiger partial charge in [-0.05, 0) is 44.0 Å². The zero-order chi connectivity index (χ0) is 15.7. The summed E-state index contributed by atoms with van der Waals surface area (Å²) >= 11 is 0. The molecule has 0 bridgehead atoms. The number of nitrogens with one attached hydrogen (secondary N) is 1. The van der Waals surface area contributed by atoms with Gasteiger partial charge in [-0.2, -0.15) is 0 Å². The van der Waals surface area contributed by atoms with Crippen LogP contribution in [-0.4, -0.2) is 52.9 Å². The smallest absolute Gasteiger partial charge is 0.222 e. The number of fused-ring (bicyclic) bond motifs is 1. The number of piperidine rings is 1. The number of benzene rings is 1. The van der Waals surface area contributed by atoms with Gasteiger partial charge in [0.25, 0.3) is 0 Å². The van der Waals surface area contributed by atoms with Gasteiger partial charge in [-0.15, -0.1) is 0 Å². The van der Waals surface area contributed by atoms with Crippen LogP contribution in [0.4, 0.5) is 0 Å². The minimum atomic E-state index is 0.270. The normalized spacial score (nSPS) is 19.4. The minimum absolute atomic E-state index is 0.270. The predicted octanol–water partition coefficient (Wildman–Crippen LogP) is 2.17. The molecule has 0 aliphatic carbocycles. The van der Waals surface area contributed by atoms with Crippen LogP contribution < -0.4 is 0 Å². The Bertz CT molecular complexity index is 678. The molecule has 1 aromatic carbocycles. The van der Waals surface area contributed by atoms with E-state index in [1.165, 1.54) is 5.56 Å². The number of carbonyl (C=O) groups is 1. The molecule has 0 spiro atoms. The molecule has 1 N–H and O–H groups in total. The summed E-state index contributed by atoms with van der Waals surface area (Å²) in [5.41, 5.74) is 3.37. The van der Waals surface area contributed by atoms with Crippen LogP contribution in [0.5, 0.6) is 0 Å². The molecule has 5 nitrogen and oxygen atoms in total. The van der Waals surface area contributed by atoms with Crippen LogP contribution in [0.15, 0.2) is 18.2 Å². The molecule has 118 valence electrons. The number of aromatic nitrogens is 2. The van der Waals surface area contributed by atoms with E-state index in [0.717, 1.165) is 42.9 Å². The predicted molar refractivity (Wildman–Crippen MR) is 87.5 cm³/mol. The molecule has 1 unspecified atom stereocenters. The molecule has 1 amide bonds. The highest BCUT2D eigenvalue weighted by molar-refractivity contribution is 5.76. The molecule has 1 aromatic heterocycles.